The van der Waals surface area contributed by atoms with Gasteiger partial charge in [-0.1, -0.05) is 5.16 Å². The highest BCUT2D eigenvalue weighted by atomic mass is 16.6. The van der Waals surface area contributed by atoms with E-state index in [0.717, 1.165) is 5.56 Å². The van der Waals surface area contributed by atoms with Crippen molar-refractivity contribution in [1.29, 1.82) is 0 Å². The van der Waals surface area contributed by atoms with Crippen molar-refractivity contribution in [2.45, 2.75) is 18.9 Å². The van der Waals surface area contributed by atoms with Crippen LogP contribution < -0.4 is 5.32 Å². The number of nitrogens with zero attached hydrogens (tertiary/aromatic N) is 2. The van der Waals surface area contributed by atoms with Gasteiger partial charge >= 0.3 is 5.97 Å². The van der Waals surface area contributed by atoms with Crippen LogP contribution in [0.4, 0.5) is 0 Å². The van der Waals surface area contributed by atoms with Gasteiger partial charge in [-0.3, -0.25) is 9.78 Å². The van der Waals surface area contributed by atoms with Gasteiger partial charge in [-0.25, -0.2) is 4.79 Å². The molecule has 7 nitrogen and oxygen atoms in total. The number of nitrogens with one attached hydrogen (secondary N) is 1. The SMILES string of the molecule is O=C(O)C1=NOC(C(=O)NCCc2ccncc2)C1. The minimum atomic E-state index is -1.16. The zero-order chi connectivity index (χ0) is 13.7. The lowest BCUT2D eigenvalue weighted by Crippen LogP contribution is -2.36. The third-order valence-electron chi connectivity index (χ3n) is 2.67. The van der Waals surface area contributed by atoms with E-state index in [4.69, 9.17) is 9.94 Å². The number of carboxylic acid groups (broad SMARTS) is 1. The second kappa shape index (κ2) is 5.94. The van der Waals surface area contributed by atoms with Crippen molar-refractivity contribution < 1.29 is 19.5 Å². The fourth-order valence-corrected chi connectivity index (χ4v) is 1.64. The first-order valence-electron chi connectivity index (χ1n) is 5.79. The van der Waals surface area contributed by atoms with Gasteiger partial charge in [0, 0.05) is 25.4 Å². The predicted molar refractivity (Wildman–Crippen MR) is 65.5 cm³/mol. The van der Waals surface area contributed by atoms with Crippen molar-refractivity contribution in [2.75, 3.05) is 6.54 Å². The lowest BCUT2D eigenvalue weighted by molar-refractivity contribution is -0.131. The molecule has 1 aliphatic heterocycles. The number of pyridine rings is 1. The van der Waals surface area contributed by atoms with Crippen LogP contribution in [0.1, 0.15) is 12.0 Å². The molecule has 1 unspecified atom stereocenters. The van der Waals surface area contributed by atoms with Gasteiger partial charge in [0.15, 0.2) is 5.71 Å². The first kappa shape index (κ1) is 13.0. The number of amides is 1. The molecule has 7 heteroatoms. The van der Waals surface area contributed by atoms with Gasteiger partial charge in [0.05, 0.1) is 0 Å². The van der Waals surface area contributed by atoms with E-state index in [9.17, 15) is 9.59 Å². The number of hydrogen-bond donors (Lipinski definition) is 2. The van der Waals surface area contributed by atoms with Crippen LogP contribution in [0, 0.1) is 0 Å². The Morgan fingerprint density at radius 1 is 1.42 bits per heavy atom. The first-order chi connectivity index (χ1) is 9.16. The minimum Gasteiger partial charge on any atom is -0.477 e. The van der Waals surface area contributed by atoms with E-state index in [1.807, 2.05) is 12.1 Å². The molecular weight excluding hydrogens is 250 g/mol. The van der Waals surface area contributed by atoms with Gasteiger partial charge in [0.2, 0.25) is 6.10 Å². The number of aromatic nitrogens is 1. The lowest BCUT2D eigenvalue weighted by Gasteiger charge is -2.09. The summed E-state index contributed by atoms with van der Waals surface area (Å²) in [4.78, 5) is 31.0. The van der Waals surface area contributed by atoms with Crippen LogP contribution in [-0.4, -0.2) is 40.3 Å². The maximum absolute atomic E-state index is 11.7. The van der Waals surface area contributed by atoms with Gasteiger partial charge in [-0.15, -0.1) is 0 Å². The highest BCUT2D eigenvalue weighted by Gasteiger charge is 2.31. The van der Waals surface area contributed by atoms with E-state index >= 15 is 0 Å². The Morgan fingerprint density at radius 3 is 2.79 bits per heavy atom. The zero-order valence-electron chi connectivity index (χ0n) is 10.1. The van der Waals surface area contributed by atoms with Crippen molar-refractivity contribution in [3.05, 3.63) is 30.1 Å². The molecule has 2 heterocycles. The molecule has 1 aliphatic rings. The van der Waals surface area contributed by atoms with Crippen LogP contribution in [0.5, 0.6) is 0 Å². The van der Waals surface area contributed by atoms with Crippen LogP contribution in [0.2, 0.25) is 0 Å². The topological polar surface area (TPSA) is 101 Å². The molecular formula is C12H13N3O4. The minimum absolute atomic E-state index is 0.00355. The van der Waals surface area contributed by atoms with E-state index in [-0.39, 0.29) is 18.0 Å². The van der Waals surface area contributed by atoms with Crippen LogP contribution in [0.3, 0.4) is 0 Å². The van der Waals surface area contributed by atoms with E-state index < -0.39 is 12.1 Å². The Labute approximate surface area is 109 Å². The van der Waals surface area contributed by atoms with Crippen LogP contribution in [0.25, 0.3) is 0 Å². The number of rotatable bonds is 5. The molecule has 2 rings (SSSR count). The largest absolute Gasteiger partial charge is 0.477 e. The molecule has 0 spiro atoms. The fraction of sp³-hybridized carbons (Fsp3) is 0.333. The van der Waals surface area contributed by atoms with Gasteiger partial charge in [-0.2, -0.15) is 0 Å². The average Bonchev–Trinajstić information content (AvgIpc) is 2.89. The number of oxime groups is 1. The Kier molecular flexibility index (Phi) is 4.07. The highest BCUT2D eigenvalue weighted by Crippen LogP contribution is 2.10. The molecule has 19 heavy (non-hydrogen) atoms. The van der Waals surface area contributed by atoms with Gasteiger partial charge in [-0.05, 0) is 24.1 Å². The summed E-state index contributed by atoms with van der Waals surface area (Å²) in [6.07, 6.45) is 3.20. The van der Waals surface area contributed by atoms with Crippen molar-refractivity contribution in [3.63, 3.8) is 0 Å². The monoisotopic (exact) mass is 263 g/mol. The predicted octanol–water partition coefficient (Wildman–Crippen LogP) is -0.0302. The van der Waals surface area contributed by atoms with E-state index in [2.05, 4.69) is 15.5 Å². The maximum atomic E-state index is 11.7. The normalized spacial score (nSPS) is 17.5. The van der Waals surface area contributed by atoms with Gasteiger partial charge in [0.1, 0.15) is 0 Å². The van der Waals surface area contributed by atoms with Gasteiger partial charge < -0.3 is 15.3 Å². The smallest absolute Gasteiger partial charge is 0.353 e. The first-order valence-corrected chi connectivity index (χ1v) is 5.79. The van der Waals surface area contributed by atoms with E-state index in [0.29, 0.717) is 13.0 Å². The number of carbonyl (C=O) groups excluding carboxylic acids is 1. The van der Waals surface area contributed by atoms with E-state index in [1.165, 1.54) is 0 Å². The molecule has 1 aromatic heterocycles. The van der Waals surface area contributed by atoms with Crippen molar-refractivity contribution in [3.8, 4) is 0 Å². The molecule has 0 bridgehead atoms. The standard InChI is InChI=1S/C12H13N3O4/c16-11(10-7-9(12(17)18)15-19-10)14-6-3-8-1-4-13-5-2-8/h1-2,4-5,10H,3,6-7H2,(H,14,16)(H,17,18). The summed E-state index contributed by atoms with van der Waals surface area (Å²) in [6, 6.07) is 3.73. The summed E-state index contributed by atoms with van der Waals surface area (Å²) in [7, 11) is 0. The molecule has 0 fully saturated rings. The highest BCUT2D eigenvalue weighted by molar-refractivity contribution is 6.36. The molecule has 0 saturated heterocycles. The van der Waals surface area contributed by atoms with Gasteiger partial charge in [0.25, 0.3) is 5.91 Å². The molecule has 0 aromatic carbocycles. The number of carboxylic acids is 1. The Balaban J connectivity index is 1.73. The van der Waals surface area contributed by atoms with Crippen molar-refractivity contribution in [1.82, 2.24) is 10.3 Å². The fourth-order valence-electron chi connectivity index (χ4n) is 1.64. The van der Waals surface area contributed by atoms with Crippen molar-refractivity contribution in [2.24, 2.45) is 5.16 Å². The molecule has 0 radical (unpaired) electrons. The Bertz CT molecular complexity index is 501. The molecule has 1 amide bonds. The molecule has 1 atom stereocenters. The zero-order valence-corrected chi connectivity index (χ0v) is 10.1. The summed E-state index contributed by atoms with van der Waals surface area (Å²) in [5, 5.41) is 14.7. The summed E-state index contributed by atoms with van der Waals surface area (Å²) < 4.78 is 0. The molecule has 2 N–H and O–H groups in total. The van der Waals surface area contributed by atoms with Crippen LogP contribution >= 0.6 is 0 Å². The van der Waals surface area contributed by atoms with Crippen molar-refractivity contribution >= 4 is 17.6 Å². The quantitative estimate of drug-likeness (QED) is 0.776. The molecule has 0 saturated carbocycles. The summed E-state index contributed by atoms with van der Waals surface area (Å²) in [5.41, 5.74) is 0.930. The number of carbonyl (C=O) groups is 2. The average molecular weight is 263 g/mol. The summed E-state index contributed by atoms with van der Waals surface area (Å²) in [5.74, 6) is -1.51. The molecule has 0 aliphatic carbocycles. The summed E-state index contributed by atoms with van der Waals surface area (Å²) in [6.45, 7) is 0.450. The maximum Gasteiger partial charge on any atom is 0.353 e. The Morgan fingerprint density at radius 2 is 2.16 bits per heavy atom. The van der Waals surface area contributed by atoms with E-state index in [1.54, 1.807) is 12.4 Å². The lowest BCUT2D eigenvalue weighted by atomic mass is 10.1. The number of hydrogen-bond acceptors (Lipinski definition) is 5. The second-order valence-electron chi connectivity index (χ2n) is 4.04. The third kappa shape index (κ3) is 3.51. The number of aliphatic carboxylic acids is 1. The second-order valence-corrected chi connectivity index (χ2v) is 4.04. The van der Waals surface area contributed by atoms with Crippen LogP contribution in [0.15, 0.2) is 29.7 Å². The van der Waals surface area contributed by atoms with Crippen LogP contribution in [-0.2, 0) is 20.8 Å². The summed E-state index contributed by atoms with van der Waals surface area (Å²) >= 11 is 0. The molecule has 1 aromatic rings. The molecule has 100 valence electrons. The third-order valence-corrected chi connectivity index (χ3v) is 2.67. The Hall–Kier alpha value is -2.44.